The van der Waals surface area contributed by atoms with Crippen molar-refractivity contribution in [2.24, 2.45) is 5.92 Å². The van der Waals surface area contributed by atoms with Crippen LogP contribution in [0, 0.1) is 5.92 Å². The quantitative estimate of drug-likeness (QED) is 0.527. The topological polar surface area (TPSA) is 46.2 Å². The average molecular weight is 167 g/mol. The van der Waals surface area contributed by atoms with Crippen LogP contribution in [0.2, 0.25) is 0 Å². The van der Waals surface area contributed by atoms with Crippen molar-refractivity contribution in [3.05, 3.63) is 0 Å². The molecule has 12 heavy (non-hydrogen) atoms. The van der Waals surface area contributed by atoms with Crippen LogP contribution < -0.4 is 5.32 Å². The molecule has 1 saturated heterocycles. The molecule has 2 fully saturated rings. The van der Waals surface area contributed by atoms with Gasteiger partial charge in [0.05, 0.1) is 5.92 Å². The number of rotatable bonds is 0. The van der Waals surface area contributed by atoms with E-state index in [1.54, 1.807) is 0 Å². The Morgan fingerprint density at radius 2 is 1.92 bits per heavy atom. The molecule has 0 bridgehead atoms. The van der Waals surface area contributed by atoms with Crippen molar-refractivity contribution in [1.82, 2.24) is 5.32 Å². The molecule has 0 spiro atoms. The molecule has 0 aromatic heterocycles. The van der Waals surface area contributed by atoms with E-state index < -0.39 is 0 Å². The molecule has 2 atom stereocenters. The van der Waals surface area contributed by atoms with Gasteiger partial charge in [-0.1, -0.05) is 0 Å². The molecule has 1 heterocycles. The van der Waals surface area contributed by atoms with Crippen LogP contribution >= 0.6 is 0 Å². The molecule has 1 N–H and O–H groups in total. The summed E-state index contributed by atoms with van der Waals surface area (Å²) in [6.45, 7) is 0.757. The van der Waals surface area contributed by atoms with Crippen LogP contribution in [-0.2, 0) is 9.59 Å². The number of Topliss-reactive ketones (excluding diaryl/α,β-unsaturated/α-hetero) is 2. The lowest BCUT2D eigenvalue weighted by Gasteiger charge is -2.33. The first-order valence-electron chi connectivity index (χ1n) is 4.58. The number of hydrogen-bond acceptors (Lipinski definition) is 3. The summed E-state index contributed by atoms with van der Waals surface area (Å²) in [6.07, 6.45) is 3.07. The van der Waals surface area contributed by atoms with Crippen LogP contribution in [0.15, 0.2) is 0 Å². The highest BCUT2D eigenvalue weighted by Gasteiger charge is 2.38. The third kappa shape index (κ3) is 1.18. The van der Waals surface area contributed by atoms with Gasteiger partial charge < -0.3 is 5.32 Å². The van der Waals surface area contributed by atoms with Gasteiger partial charge in [-0.3, -0.25) is 9.59 Å². The Morgan fingerprint density at radius 1 is 1.17 bits per heavy atom. The summed E-state index contributed by atoms with van der Waals surface area (Å²) in [5, 5.41) is 3.24. The van der Waals surface area contributed by atoms with Gasteiger partial charge in [0.2, 0.25) is 0 Å². The predicted octanol–water partition coefficient (Wildman–Crippen LogP) is 0.287. The first-order chi connectivity index (χ1) is 5.79. The third-order valence-corrected chi connectivity index (χ3v) is 2.81. The average Bonchev–Trinajstić information content (AvgIpc) is 2.04. The van der Waals surface area contributed by atoms with Crippen molar-refractivity contribution < 1.29 is 9.59 Å². The second-order valence-electron chi connectivity index (χ2n) is 3.61. The summed E-state index contributed by atoms with van der Waals surface area (Å²) in [5.74, 6) is 0.0133. The number of nitrogens with one attached hydrogen (secondary N) is 1. The Balaban J connectivity index is 2.17. The lowest BCUT2D eigenvalue weighted by molar-refractivity contribution is -0.137. The van der Waals surface area contributed by atoms with Crippen LogP contribution in [0.5, 0.6) is 0 Å². The molecule has 3 heteroatoms. The SMILES string of the molecule is O=C1CCCC2NCCC(=O)C12. The molecule has 1 aliphatic heterocycles. The van der Waals surface area contributed by atoms with Gasteiger partial charge in [-0.15, -0.1) is 0 Å². The summed E-state index contributed by atoms with van der Waals surface area (Å²) < 4.78 is 0. The monoisotopic (exact) mass is 167 g/mol. The maximum Gasteiger partial charge on any atom is 0.146 e. The fourth-order valence-corrected chi connectivity index (χ4v) is 2.20. The number of fused-ring (bicyclic) bond motifs is 1. The van der Waals surface area contributed by atoms with E-state index in [9.17, 15) is 9.59 Å². The Kier molecular flexibility index (Phi) is 1.97. The minimum absolute atomic E-state index is 0.156. The van der Waals surface area contributed by atoms with Crippen molar-refractivity contribution in [3.63, 3.8) is 0 Å². The minimum Gasteiger partial charge on any atom is -0.312 e. The number of hydrogen-bond donors (Lipinski definition) is 1. The van der Waals surface area contributed by atoms with E-state index in [-0.39, 0.29) is 23.5 Å². The Hall–Kier alpha value is -0.700. The van der Waals surface area contributed by atoms with E-state index in [2.05, 4.69) is 5.32 Å². The largest absolute Gasteiger partial charge is 0.312 e. The van der Waals surface area contributed by atoms with E-state index in [1.165, 1.54) is 0 Å². The molecule has 0 amide bonds. The summed E-state index contributed by atoms with van der Waals surface area (Å²) in [5.41, 5.74) is 0. The molecule has 66 valence electrons. The highest BCUT2D eigenvalue weighted by molar-refractivity contribution is 6.04. The molecule has 2 rings (SSSR count). The van der Waals surface area contributed by atoms with E-state index >= 15 is 0 Å². The summed E-state index contributed by atoms with van der Waals surface area (Å²) in [7, 11) is 0. The van der Waals surface area contributed by atoms with Gasteiger partial charge in [-0.2, -0.15) is 0 Å². The normalized spacial score (nSPS) is 36.3. The first-order valence-corrected chi connectivity index (χ1v) is 4.58. The molecular formula is C9H13NO2. The number of carbonyl (C=O) groups is 2. The maximum atomic E-state index is 11.4. The zero-order chi connectivity index (χ0) is 8.55. The smallest absolute Gasteiger partial charge is 0.146 e. The summed E-state index contributed by atoms with van der Waals surface area (Å²) >= 11 is 0. The molecule has 0 aromatic carbocycles. The lowest BCUT2D eigenvalue weighted by atomic mass is 9.78. The van der Waals surface area contributed by atoms with Gasteiger partial charge in [0.15, 0.2) is 0 Å². The molecule has 0 radical (unpaired) electrons. The van der Waals surface area contributed by atoms with Crippen LogP contribution in [0.1, 0.15) is 25.7 Å². The Morgan fingerprint density at radius 3 is 2.67 bits per heavy atom. The molecule has 2 unspecified atom stereocenters. The standard InChI is InChI=1S/C9H13NO2/c11-7-3-1-2-6-9(7)8(12)4-5-10-6/h6,9-10H,1-5H2. The second kappa shape index (κ2) is 2.98. The van der Waals surface area contributed by atoms with Gasteiger partial charge in [-0.25, -0.2) is 0 Å². The fraction of sp³-hybridized carbons (Fsp3) is 0.778. The Bertz CT molecular complexity index is 203. The summed E-state index contributed by atoms with van der Waals surface area (Å²) in [4.78, 5) is 22.8. The zero-order valence-electron chi connectivity index (χ0n) is 7.01. The highest BCUT2D eigenvalue weighted by Crippen LogP contribution is 2.25. The minimum atomic E-state index is -0.299. The first kappa shape index (κ1) is 7.92. The molecular weight excluding hydrogens is 154 g/mol. The van der Waals surface area contributed by atoms with E-state index in [1.807, 2.05) is 0 Å². The highest BCUT2D eigenvalue weighted by atomic mass is 16.2. The lowest BCUT2D eigenvalue weighted by Crippen LogP contribution is -2.51. The molecule has 2 aliphatic rings. The van der Waals surface area contributed by atoms with Crippen LogP contribution in [0.4, 0.5) is 0 Å². The number of piperidine rings is 1. The van der Waals surface area contributed by atoms with Crippen molar-refractivity contribution in [2.75, 3.05) is 6.54 Å². The van der Waals surface area contributed by atoms with Crippen LogP contribution in [0.3, 0.4) is 0 Å². The van der Waals surface area contributed by atoms with Crippen molar-refractivity contribution in [3.8, 4) is 0 Å². The zero-order valence-corrected chi connectivity index (χ0v) is 7.01. The fourth-order valence-electron chi connectivity index (χ4n) is 2.20. The van der Waals surface area contributed by atoms with Crippen LogP contribution in [0.25, 0.3) is 0 Å². The van der Waals surface area contributed by atoms with Crippen LogP contribution in [-0.4, -0.2) is 24.2 Å². The van der Waals surface area contributed by atoms with Gasteiger partial charge in [0.25, 0.3) is 0 Å². The molecule has 1 saturated carbocycles. The van der Waals surface area contributed by atoms with Gasteiger partial charge in [-0.05, 0) is 12.8 Å². The van der Waals surface area contributed by atoms with E-state index in [0.29, 0.717) is 12.8 Å². The summed E-state index contributed by atoms with van der Waals surface area (Å²) in [6, 6.07) is 0.160. The van der Waals surface area contributed by atoms with Crippen molar-refractivity contribution in [2.45, 2.75) is 31.7 Å². The third-order valence-electron chi connectivity index (χ3n) is 2.81. The number of carbonyl (C=O) groups excluding carboxylic acids is 2. The molecule has 1 aliphatic carbocycles. The predicted molar refractivity (Wildman–Crippen MR) is 43.8 cm³/mol. The maximum absolute atomic E-state index is 11.4. The number of ketones is 2. The molecule has 0 aromatic rings. The van der Waals surface area contributed by atoms with Gasteiger partial charge in [0.1, 0.15) is 11.6 Å². The molecule has 3 nitrogen and oxygen atoms in total. The second-order valence-corrected chi connectivity index (χ2v) is 3.61. The van der Waals surface area contributed by atoms with Crippen molar-refractivity contribution in [1.29, 1.82) is 0 Å². The van der Waals surface area contributed by atoms with Gasteiger partial charge in [0, 0.05) is 25.4 Å². The van der Waals surface area contributed by atoms with Gasteiger partial charge >= 0.3 is 0 Å². The van der Waals surface area contributed by atoms with E-state index in [4.69, 9.17) is 0 Å². The van der Waals surface area contributed by atoms with E-state index in [0.717, 1.165) is 19.4 Å². The Labute approximate surface area is 71.5 Å². The van der Waals surface area contributed by atoms with Crippen molar-refractivity contribution >= 4 is 11.6 Å².